The molecule has 0 aromatic heterocycles. The van der Waals surface area contributed by atoms with Crippen molar-refractivity contribution in [3.63, 3.8) is 0 Å². The highest BCUT2D eigenvalue weighted by atomic mass is 19.1. The Morgan fingerprint density at radius 1 is 1.06 bits per heavy atom. The minimum atomic E-state index is -1.07. The first kappa shape index (κ1) is 21.6. The number of rotatable bonds is 7. The number of likely N-dealkylation sites (tertiary alicyclic amines) is 1. The molecule has 1 heterocycles. The number of carbonyl (C=O) groups excluding carboxylic acids is 2. The monoisotopic (exact) mass is 428 g/mol. The van der Waals surface area contributed by atoms with Crippen molar-refractivity contribution in [3.05, 3.63) is 81.2 Å². The van der Waals surface area contributed by atoms with Gasteiger partial charge in [-0.1, -0.05) is 12.1 Å². The van der Waals surface area contributed by atoms with Gasteiger partial charge in [-0.2, -0.15) is 0 Å². The number of nitro benzene ring substituents is 1. The lowest BCUT2D eigenvalue weighted by molar-refractivity contribution is -0.384. The average Bonchev–Trinajstić information content (AvgIpc) is 2.98. The number of halogens is 1. The second kappa shape index (κ2) is 8.74. The van der Waals surface area contributed by atoms with Crippen molar-refractivity contribution < 1.29 is 33.9 Å². The molecule has 9 nitrogen and oxygen atoms in total. The highest BCUT2D eigenvalue weighted by Gasteiger charge is 2.45. The molecule has 1 atom stereocenters. The second-order valence-corrected chi connectivity index (χ2v) is 6.85. The predicted octanol–water partition coefficient (Wildman–Crippen LogP) is 3.02. The number of Topliss-reactive ketones (excluding diaryl/α,β-unsaturated/α-hetero) is 1. The number of benzene rings is 2. The maximum atomic E-state index is 13.4. The fourth-order valence-electron chi connectivity index (χ4n) is 3.40. The third kappa shape index (κ3) is 4.42. The van der Waals surface area contributed by atoms with Crippen LogP contribution in [0.25, 0.3) is 5.76 Å². The lowest BCUT2D eigenvalue weighted by Crippen LogP contribution is -2.31. The molecule has 160 valence electrons. The molecule has 2 aromatic carbocycles. The molecule has 31 heavy (non-hydrogen) atoms. The van der Waals surface area contributed by atoms with Crippen LogP contribution in [0, 0.1) is 15.9 Å². The number of ketones is 1. The van der Waals surface area contributed by atoms with Crippen molar-refractivity contribution in [1.82, 2.24) is 4.90 Å². The molecule has 0 spiro atoms. The van der Waals surface area contributed by atoms with E-state index in [0.717, 1.165) is 29.2 Å². The highest BCUT2D eigenvalue weighted by molar-refractivity contribution is 6.46. The van der Waals surface area contributed by atoms with Gasteiger partial charge in [0.05, 0.1) is 16.5 Å². The Bertz CT molecular complexity index is 1080. The van der Waals surface area contributed by atoms with E-state index in [1.807, 2.05) is 0 Å². The molecule has 3 rings (SSSR count). The van der Waals surface area contributed by atoms with Crippen molar-refractivity contribution in [1.29, 1.82) is 0 Å². The zero-order valence-electron chi connectivity index (χ0n) is 16.0. The summed E-state index contributed by atoms with van der Waals surface area (Å²) in [6.07, 6.45) is -0.168. The quantitative estimate of drug-likeness (QED) is 0.227. The normalized spacial score (nSPS) is 17.7. The number of hydrogen-bond donors (Lipinski definition) is 2. The van der Waals surface area contributed by atoms with Gasteiger partial charge in [-0.15, -0.1) is 0 Å². The lowest BCUT2D eigenvalue weighted by atomic mass is 9.95. The Morgan fingerprint density at radius 3 is 2.23 bits per heavy atom. The van der Waals surface area contributed by atoms with Crippen LogP contribution in [0.3, 0.4) is 0 Å². The average molecular weight is 428 g/mol. The van der Waals surface area contributed by atoms with E-state index in [4.69, 9.17) is 5.11 Å². The molecule has 1 fully saturated rings. The van der Waals surface area contributed by atoms with Gasteiger partial charge in [0.2, 0.25) is 0 Å². The highest BCUT2D eigenvalue weighted by Crippen LogP contribution is 2.39. The van der Waals surface area contributed by atoms with Crippen molar-refractivity contribution >= 4 is 29.1 Å². The molecule has 2 N–H and O–H groups in total. The van der Waals surface area contributed by atoms with Gasteiger partial charge in [-0.05, 0) is 36.2 Å². The first-order valence-electron chi connectivity index (χ1n) is 9.21. The molecule has 2 aromatic rings. The van der Waals surface area contributed by atoms with Gasteiger partial charge in [0.15, 0.2) is 0 Å². The van der Waals surface area contributed by atoms with Gasteiger partial charge in [0.1, 0.15) is 11.6 Å². The van der Waals surface area contributed by atoms with Crippen LogP contribution in [-0.2, 0) is 14.4 Å². The second-order valence-electron chi connectivity index (χ2n) is 6.85. The van der Waals surface area contributed by atoms with E-state index in [1.54, 1.807) is 0 Å². The largest absolute Gasteiger partial charge is 0.507 e. The number of carboxylic acids is 1. The zero-order chi connectivity index (χ0) is 22.7. The standard InChI is InChI=1S/C21H17FN2O7/c22-14-7-3-12(4-8-14)18-17(19(27)13-5-9-15(10-6-13)24(30)31)20(28)21(29)23(18)11-1-2-16(25)26/h3-10,18,27H,1-2,11H2,(H,25,26)/b19-17+. The number of carbonyl (C=O) groups is 3. The number of aliphatic carboxylic acids is 1. The molecule has 0 bridgehead atoms. The fraction of sp³-hybridized carbons (Fsp3) is 0.190. The summed E-state index contributed by atoms with van der Waals surface area (Å²) in [6.45, 7) is -0.0735. The molecule has 0 radical (unpaired) electrons. The molecule has 1 aliphatic rings. The SMILES string of the molecule is O=C(O)CCCN1C(=O)C(=O)/C(=C(/O)c2ccc([N+](=O)[O-])cc2)C1c1ccc(F)cc1. The molecule has 1 aliphatic heterocycles. The van der Waals surface area contributed by atoms with Gasteiger partial charge in [-0.3, -0.25) is 24.5 Å². The minimum Gasteiger partial charge on any atom is -0.507 e. The van der Waals surface area contributed by atoms with Crippen LogP contribution in [0.5, 0.6) is 0 Å². The Kier molecular flexibility index (Phi) is 6.10. The van der Waals surface area contributed by atoms with Gasteiger partial charge < -0.3 is 15.1 Å². The zero-order valence-corrected chi connectivity index (χ0v) is 16.0. The van der Waals surface area contributed by atoms with Crippen LogP contribution < -0.4 is 0 Å². The number of hydrogen-bond acceptors (Lipinski definition) is 6. The Labute approximate surface area is 175 Å². The van der Waals surface area contributed by atoms with E-state index >= 15 is 0 Å². The molecule has 0 saturated carbocycles. The molecule has 1 unspecified atom stereocenters. The fourth-order valence-corrected chi connectivity index (χ4v) is 3.40. The van der Waals surface area contributed by atoms with E-state index in [9.17, 15) is 34.0 Å². The van der Waals surface area contributed by atoms with E-state index in [2.05, 4.69) is 0 Å². The van der Waals surface area contributed by atoms with Gasteiger partial charge in [-0.25, -0.2) is 4.39 Å². The molecule has 0 aliphatic carbocycles. The summed E-state index contributed by atoms with van der Waals surface area (Å²) in [4.78, 5) is 47.6. The third-order valence-electron chi connectivity index (χ3n) is 4.87. The number of nitro groups is 1. The number of carboxylic acid groups (broad SMARTS) is 1. The topological polar surface area (TPSA) is 138 Å². The lowest BCUT2D eigenvalue weighted by Gasteiger charge is -2.25. The Balaban J connectivity index is 2.08. The van der Waals surface area contributed by atoms with Crippen LogP contribution in [0.1, 0.15) is 30.0 Å². The number of aliphatic hydroxyl groups excluding tert-OH is 1. The van der Waals surface area contributed by atoms with Crippen LogP contribution >= 0.6 is 0 Å². The summed E-state index contributed by atoms with van der Waals surface area (Å²) >= 11 is 0. The van der Waals surface area contributed by atoms with Crippen LogP contribution in [-0.4, -0.2) is 44.2 Å². The smallest absolute Gasteiger partial charge is 0.303 e. The van der Waals surface area contributed by atoms with Gasteiger partial charge in [0.25, 0.3) is 17.4 Å². The summed E-state index contributed by atoms with van der Waals surface area (Å²) in [5.74, 6) is -4.06. The first-order valence-corrected chi connectivity index (χ1v) is 9.21. The number of nitrogens with zero attached hydrogens (tertiary/aromatic N) is 2. The molecule has 10 heteroatoms. The minimum absolute atomic E-state index is 0.0671. The summed E-state index contributed by atoms with van der Waals surface area (Å²) in [7, 11) is 0. The summed E-state index contributed by atoms with van der Waals surface area (Å²) in [6, 6.07) is 8.70. The van der Waals surface area contributed by atoms with Crippen molar-refractivity contribution in [3.8, 4) is 0 Å². The maximum Gasteiger partial charge on any atom is 0.303 e. The van der Waals surface area contributed by atoms with E-state index in [-0.39, 0.29) is 36.2 Å². The van der Waals surface area contributed by atoms with E-state index < -0.39 is 40.2 Å². The Hall–Kier alpha value is -4.08. The first-order chi connectivity index (χ1) is 14.7. The molecule has 1 saturated heterocycles. The van der Waals surface area contributed by atoms with Gasteiger partial charge >= 0.3 is 5.97 Å². The molecular weight excluding hydrogens is 411 g/mol. The van der Waals surface area contributed by atoms with E-state index in [1.165, 1.54) is 24.3 Å². The third-order valence-corrected chi connectivity index (χ3v) is 4.87. The van der Waals surface area contributed by atoms with Crippen molar-refractivity contribution in [2.24, 2.45) is 0 Å². The molecular formula is C21H17FN2O7. The number of amides is 1. The summed E-state index contributed by atoms with van der Waals surface area (Å²) in [5, 5.41) is 30.5. The van der Waals surface area contributed by atoms with Gasteiger partial charge in [0, 0.05) is 30.7 Å². The van der Waals surface area contributed by atoms with Crippen LogP contribution in [0.4, 0.5) is 10.1 Å². The van der Waals surface area contributed by atoms with Crippen molar-refractivity contribution in [2.45, 2.75) is 18.9 Å². The summed E-state index contributed by atoms with van der Waals surface area (Å²) < 4.78 is 13.4. The van der Waals surface area contributed by atoms with Crippen molar-refractivity contribution in [2.75, 3.05) is 6.54 Å². The maximum absolute atomic E-state index is 13.4. The van der Waals surface area contributed by atoms with E-state index in [0.29, 0.717) is 5.56 Å². The molecule has 1 amide bonds. The number of aliphatic hydroxyl groups is 1. The number of non-ortho nitro benzene ring substituents is 1. The Morgan fingerprint density at radius 2 is 1.68 bits per heavy atom. The van der Waals surface area contributed by atoms with Crippen LogP contribution in [0.15, 0.2) is 54.1 Å². The predicted molar refractivity (Wildman–Crippen MR) is 105 cm³/mol. The van der Waals surface area contributed by atoms with Crippen LogP contribution in [0.2, 0.25) is 0 Å². The summed E-state index contributed by atoms with van der Waals surface area (Å²) in [5.41, 5.74) is -0.0535.